The van der Waals surface area contributed by atoms with Gasteiger partial charge in [-0.05, 0) is 37.0 Å². The molecule has 0 aliphatic carbocycles. The number of anilines is 1. The number of sulfonamides is 1. The summed E-state index contributed by atoms with van der Waals surface area (Å²) in [7, 11) is -2.06. The van der Waals surface area contributed by atoms with Gasteiger partial charge in [-0.25, -0.2) is 8.42 Å². The quantitative estimate of drug-likeness (QED) is 0.509. The average molecular weight is 530 g/mol. The largest absolute Gasteiger partial charge is 0.495 e. The number of carbonyl (C=O) groups is 2. The first-order valence-electron chi connectivity index (χ1n) is 12.6. The fraction of sp³-hybridized carbons (Fsp3) is 0.481. The number of carbonyl (C=O) groups excluding carboxylic acids is 2. The third kappa shape index (κ3) is 6.07. The Bertz CT molecular complexity index is 1210. The minimum absolute atomic E-state index is 0.245. The zero-order valence-corrected chi connectivity index (χ0v) is 22.4. The molecule has 4 rings (SSSR count). The number of piperazine rings is 1. The fourth-order valence-electron chi connectivity index (χ4n) is 4.98. The van der Waals surface area contributed by atoms with Crippen molar-refractivity contribution in [3.63, 3.8) is 0 Å². The minimum Gasteiger partial charge on any atom is -0.495 e. The van der Waals surface area contributed by atoms with Gasteiger partial charge in [0, 0.05) is 51.8 Å². The van der Waals surface area contributed by atoms with Gasteiger partial charge in [0.25, 0.3) is 5.91 Å². The summed E-state index contributed by atoms with van der Waals surface area (Å²) in [5.41, 5.74) is 1.30. The van der Waals surface area contributed by atoms with Gasteiger partial charge in [-0.2, -0.15) is 4.31 Å². The second-order valence-corrected chi connectivity index (χ2v) is 11.6. The fourth-order valence-corrected chi connectivity index (χ4v) is 6.60. The summed E-state index contributed by atoms with van der Waals surface area (Å²) < 4.78 is 39.3. The Hall–Kier alpha value is -3.11. The van der Waals surface area contributed by atoms with Crippen LogP contribution < -0.4 is 9.64 Å². The van der Waals surface area contributed by atoms with E-state index in [1.54, 1.807) is 58.8 Å². The van der Waals surface area contributed by atoms with Crippen molar-refractivity contribution in [1.29, 1.82) is 0 Å². The third-order valence-electron chi connectivity index (χ3n) is 6.95. The molecule has 2 saturated heterocycles. The number of piperidine rings is 1. The van der Waals surface area contributed by atoms with Crippen LogP contribution >= 0.6 is 0 Å². The van der Waals surface area contributed by atoms with Crippen LogP contribution in [0.1, 0.15) is 38.4 Å². The molecule has 10 heteroatoms. The highest BCUT2D eigenvalue weighted by molar-refractivity contribution is 7.89. The van der Waals surface area contributed by atoms with E-state index in [2.05, 4.69) is 6.92 Å². The van der Waals surface area contributed by atoms with Crippen molar-refractivity contribution in [2.24, 2.45) is 5.92 Å². The maximum absolute atomic E-state index is 13.4. The lowest BCUT2D eigenvalue weighted by Crippen LogP contribution is -2.50. The number of nitrogens with zero attached hydrogens (tertiary/aromatic N) is 3. The highest BCUT2D eigenvalue weighted by atomic mass is 32.2. The maximum Gasteiger partial charge on any atom is 0.303 e. The van der Waals surface area contributed by atoms with Crippen LogP contribution in [0.2, 0.25) is 0 Å². The van der Waals surface area contributed by atoms with Crippen molar-refractivity contribution in [2.75, 3.05) is 51.3 Å². The SMILES string of the molecule is COc1ccc(S(=O)(=O)N2CCC[C@@H](C)C2)cc1N1CCN(C(=O)[C@@H](OC(C)=O)c2ccccc2)CC1. The summed E-state index contributed by atoms with van der Waals surface area (Å²) in [5.74, 6) is 0.113. The molecule has 2 fully saturated rings. The first-order chi connectivity index (χ1) is 17.7. The monoisotopic (exact) mass is 529 g/mol. The van der Waals surface area contributed by atoms with Gasteiger partial charge >= 0.3 is 5.97 Å². The van der Waals surface area contributed by atoms with Crippen LogP contribution in [-0.4, -0.2) is 75.9 Å². The van der Waals surface area contributed by atoms with E-state index >= 15 is 0 Å². The van der Waals surface area contributed by atoms with Crippen LogP contribution in [0.15, 0.2) is 53.4 Å². The lowest BCUT2D eigenvalue weighted by atomic mass is 10.0. The predicted molar refractivity (Wildman–Crippen MR) is 140 cm³/mol. The smallest absolute Gasteiger partial charge is 0.303 e. The Balaban J connectivity index is 1.51. The Morgan fingerprint density at radius 2 is 1.70 bits per heavy atom. The van der Waals surface area contributed by atoms with E-state index in [1.807, 2.05) is 11.0 Å². The van der Waals surface area contributed by atoms with Gasteiger partial charge in [0.15, 0.2) is 0 Å². The Morgan fingerprint density at radius 1 is 1.00 bits per heavy atom. The first-order valence-corrected chi connectivity index (χ1v) is 14.1. The maximum atomic E-state index is 13.4. The molecule has 9 nitrogen and oxygen atoms in total. The van der Waals surface area contributed by atoms with E-state index in [4.69, 9.17) is 9.47 Å². The average Bonchev–Trinajstić information content (AvgIpc) is 2.91. The van der Waals surface area contributed by atoms with Crippen molar-refractivity contribution in [1.82, 2.24) is 9.21 Å². The topological polar surface area (TPSA) is 96.5 Å². The van der Waals surface area contributed by atoms with Crippen molar-refractivity contribution >= 4 is 27.6 Å². The van der Waals surface area contributed by atoms with Crippen LogP contribution in [0, 0.1) is 5.92 Å². The lowest BCUT2D eigenvalue weighted by Gasteiger charge is -2.38. The van der Waals surface area contributed by atoms with E-state index in [0.29, 0.717) is 62.2 Å². The molecule has 0 spiro atoms. The number of benzene rings is 2. The Labute approximate surface area is 219 Å². The molecule has 2 atom stereocenters. The Kier molecular flexibility index (Phi) is 8.39. The second-order valence-electron chi connectivity index (χ2n) is 9.66. The van der Waals surface area contributed by atoms with E-state index < -0.39 is 22.1 Å². The van der Waals surface area contributed by atoms with E-state index in [0.717, 1.165) is 12.8 Å². The molecule has 1 amide bonds. The number of rotatable bonds is 7. The van der Waals surface area contributed by atoms with Crippen LogP contribution in [0.25, 0.3) is 0 Å². The van der Waals surface area contributed by atoms with E-state index in [1.165, 1.54) is 6.92 Å². The van der Waals surface area contributed by atoms with Gasteiger partial charge < -0.3 is 19.3 Å². The molecule has 0 saturated carbocycles. The minimum atomic E-state index is -3.62. The summed E-state index contributed by atoms with van der Waals surface area (Å²) in [6, 6.07) is 13.9. The molecule has 200 valence electrons. The second kappa shape index (κ2) is 11.5. The molecule has 0 radical (unpaired) electrons. The van der Waals surface area contributed by atoms with Crippen LogP contribution in [0.3, 0.4) is 0 Å². The molecule has 0 bridgehead atoms. The summed E-state index contributed by atoms with van der Waals surface area (Å²) in [6.45, 7) is 6.17. The van der Waals surface area contributed by atoms with Crippen LogP contribution in [0.4, 0.5) is 5.69 Å². The first kappa shape index (κ1) is 26.9. The zero-order valence-electron chi connectivity index (χ0n) is 21.6. The number of esters is 1. The zero-order chi connectivity index (χ0) is 26.6. The molecule has 2 aromatic carbocycles. The van der Waals surface area contributed by atoms with Crippen molar-refractivity contribution in [2.45, 2.75) is 37.7 Å². The number of hydrogen-bond acceptors (Lipinski definition) is 7. The number of ether oxygens (including phenoxy) is 2. The molecule has 0 unspecified atom stereocenters. The molecule has 2 heterocycles. The summed E-state index contributed by atoms with van der Waals surface area (Å²) >= 11 is 0. The summed E-state index contributed by atoms with van der Waals surface area (Å²) in [6.07, 6.45) is 0.891. The van der Waals surface area contributed by atoms with Gasteiger partial charge in [0.2, 0.25) is 16.1 Å². The molecular formula is C27H35N3O6S. The molecular weight excluding hydrogens is 494 g/mol. The predicted octanol–water partition coefficient (Wildman–Crippen LogP) is 3.07. The van der Waals surface area contributed by atoms with Gasteiger partial charge in [-0.15, -0.1) is 0 Å². The van der Waals surface area contributed by atoms with E-state index in [9.17, 15) is 18.0 Å². The lowest BCUT2D eigenvalue weighted by molar-refractivity contribution is -0.159. The molecule has 0 N–H and O–H groups in total. The molecule has 0 aromatic heterocycles. The van der Waals surface area contributed by atoms with Crippen LogP contribution in [-0.2, 0) is 24.3 Å². The molecule has 2 aliphatic rings. The van der Waals surface area contributed by atoms with Gasteiger partial charge in [-0.3, -0.25) is 9.59 Å². The van der Waals surface area contributed by atoms with Crippen molar-refractivity contribution in [3.8, 4) is 5.75 Å². The standard InChI is InChI=1S/C27H35N3O6S/c1-20-8-7-13-30(19-20)37(33,34)23-11-12-25(35-3)24(18-23)28-14-16-29(17-15-28)27(32)26(36-21(2)31)22-9-5-4-6-10-22/h4-6,9-12,18,20,26H,7-8,13-17,19H2,1-3H3/t20-,26+/m1/s1. The van der Waals surface area contributed by atoms with Crippen molar-refractivity contribution in [3.05, 3.63) is 54.1 Å². The number of methoxy groups -OCH3 is 1. The number of amides is 1. The van der Waals surface area contributed by atoms with E-state index in [-0.39, 0.29) is 10.8 Å². The summed E-state index contributed by atoms with van der Waals surface area (Å²) in [4.78, 5) is 29.0. The highest BCUT2D eigenvalue weighted by Crippen LogP contribution is 2.34. The number of hydrogen-bond donors (Lipinski definition) is 0. The highest BCUT2D eigenvalue weighted by Gasteiger charge is 2.33. The molecule has 2 aromatic rings. The molecule has 37 heavy (non-hydrogen) atoms. The normalized spacial score (nSPS) is 19.8. The van der Waals surface area contributed by atoms with Gasteiger partial charge in [0.05, 0.1) is 17.7 Å². The van der Waals surface area contributed by atoms with Crippen molar-refractivity contribution < 1.29 is 27.5 Å². The third-order valence-corrected chi connectivity index (χ3v) is 8.81. The van der Waals surface area contributed by atoms with Crippen LogP contribution in [0.5, 0.6) is 5.75 Å². The molecule has 2 aliphatic heterocycles. The van der Waals surface area contributed by atoms with Gasteiger partial charge in [-0.1, -0.05) is 37.3 Å². The summed E-state index contributed by atoms with van der Waals surface area (Å²) in [5, 5.41) is 0. The van der Waals surface area contributed by atoms with Gasteiger partial charge in [0.1, 0.15) is 5.75 Å². The Morgan fingerprint density at radius 3 is 2.32 bits per heavy atom.